The van der Waals surface area contributed by atoms with Crippen molar-refractivity contribution in [2.75, 3.05) is 25.0 Å². The molecule has 2 aliphatic rings. The smallest absolute Gasteiger partial charge is 0.410 e. The molecule has 2 aliphatic heterocycles. The van der Waals surface area contributed by atoms with Gasteiger partial charge in [0.05, 0.1) is 6.61 Å². The van der Waals surface area contributed by atoms with Crippen LogP contribution in [0.15, 0.2) is 18.2 Å². The standard InChI is InChI=1S/C19H28N4O4/c1-19(2,3)27-18(25)23-9-7-15(13(20)11-23)22-17(24)21-14-5-4-6-16-12(14)8-10-26-16/h4-6,13,15H,7-11,20H2,1-3H3,(H2,21,22,24)/t13-,15+/m1/s1. The minimum absolute atomic E-state index is 0.211. The summed E-state index contributed by atoms with van der Waals surface area (Å²) in [6, 6.07) is 4.73. The van der Waals surface area contributed by atoms with E-state index in [4.69, 9.17) is 15.2 Å². The van der Waals surface area contributed by atoms with Gasteiger partial charge in [-0.1, -0.05) is 6.07 Å². The van der Waals surface area contributed by atoms with Crippen LogP contribution < -0.4 is 21.1 Å². The topological polar surface area (TPSA) is 106 Å². The summed E-state index contributed by atoms with van der Waals surface area (Å²) in [7, 11) is 0. The van der Waals surface area contributed by atoms with Crippen molar-refractivity contribution < 1.29 is 19.1 Å². The van der Waals surface area contributed by atoms with E-state index in [-0.39, 0.29) is 24.2 Å². The maximum Gasteiger partial charge on any atom is 0.410 e. The molecule has 2 heterocycles. The van der Waals surface area contributed by atoms with Crippen molar-refractivity contribution in [1.29, 1.82) is 0 Å². The molecule has 1 aromatic rings. The van der Waals surface area contributed by atoms with Crippen LogP contribution >= 0.6 is 0 Å². The first-order chi connectivity index (χ1) is 12.7. The molecule has 0 aromatic heterocycles. The van der Waals surface area contributed by atoms with E-state index < -0.39 is 5.60 Å². The number of carbonyl (C=O) groups is 2. The maximum absolute atomic E-state index is 12.4. The summed E-state index contributed by atoms with van der Waals surface area (Å²) in [6.07, 6.45) is 0.976. The van der Waals surface area contributed by atoms with Gasteiger partial charge in [-0.05, 0) is 39.3 Å². The van der Waals surface area contributed by atoms with Gasteiger partial charge in [-0.3, -0.25) is 0 Å². The van der Waals surface area contributed by atoms with Crippen LogP contribution in [0.1, 0.15) is 32.8 Å². The minimum atomic E-state index is -0.546. The Labute approximate surface area is 159 Å². The SMILES string of the molecule is CC(C)(C)OC(=O)N1CC[C@H](NC(=O)Nc2cccc3c2CCO3)[C@H](N)C1. The van der Waals surface area contributed by atoms with Gasteiger partial charge < -0.3 is 30.7 Å². The number of urea groups is 1. The number of nitrogens with two attached hydrogens (primary N) is 1. The van der Waals surface area contributed by atoms with Crippen molar-refractivity contribution in [3.05, 3.63) is 23.8 Å². The number of likely N-dealkylation sites (tertiary alicyclic amines) is 1. The Hall–Kier alpha value is -2.48. The van der Waals surface area contributed by atoms with Crippen molar-refractivity contribution in [2.24, 2.45) is 5.73 Å². The van der Waals surface area contributed by atoms with E-state index in [9.17, 15) is 9.59 Å². The number of amides is 3. The van der Waals surface area contributed by atoms with E-state index in [1.807, 2.05) is 39.0 Å². The highest BCUT2D eigenvalue weighted by atomic mass is 16.6. The molecule has 0 aliphatic carbocycles. The van der Waals surface area contributed by atoms with Gasteiger partial charge in [0.15, 0.2) is 0 Å². The molecule has 3 amide bonds. The molecular formula is C19H28N4O4. The lowest BCUT2D eigenvalue weighted by molar-refractivity contribution is 0.0182. The number of nitrogens with one attached hydrogen (secondary N) is 2. The fourth-order valence-corrected chi connectivity index (χ4v) is 3.32. The molecule has 8 heteroatoms. The molecule has 1 saturated heterocycles. The lowest BCUT2D eigenvalue weighted by Gasteiger charge is -2.37. The second-order valence-electron chi connectivity index (χ2n) is 7.96. The second-order valence-corrected chi connectivity index (χ2v) is 7.96. The molecule has 2 atom stereocenters. The summed E-state index contributed by atoms with van der Waals surface area (Å²) in [5.74, 6) is 0.815. The maximum atomic E-state index is 12.4. The number of ether oxygens (including phenoxy) is 2. The molecule has 0 spiro atoms. The molecule has 148 valence electrons. The van der Waals surface area contributed by atoms with Gasteiger partial charge in [-0.2, -0.15) is 0 Å². The zero-order valence-electron chi connectivity index (χ0n) is 16.1. The number of hydrogen-bond donors (Lipinski definition) is 3. The van der Waals surface area contributed by atoms with Gasteiger partial charge in [0, 0.05) is 42.8 Å². The molecule has 8 nitrogen and oxygen atoms in total. The average Bonchev–Trinajstić information content (AvgIpc) is 3.05. The Balaban J connectivity index is 1.53. The minimum Gasteiger partial charge on any atom is -0.493 e. The number of hydrogen-bond acceptors (Lipinski definition) is 5. The molecule has 4 N–H and O–H groups in total. The van der Waals surface area contributed by atoms with Crippen LogP contribution in [0.25, 0.3) is 0 Å². The first-order valence-corrected chi connectivity index (χ1v) is 9.28. The van der Waals surface area contributed by atoms with E-state index in [0.29, 0.717) is 26.1 Å². The molecule has 0 radical (unpaired) electrons. The predicted molar refractivity (Wildman–Crippen MR) is 102 cm³/mol. The predicted octanol–water partition coefficient (Wildman–Crippen LogP) is 2.08. The summed E-state index contributed by atoms with van der Waals surface area (Å²) in [5, 5.41) is 5.81. The highest BCUT2D eigenvalue weighted by Gasteiger charge is 2.32. The monoisotopic (exact) mass is 376 g/mol. The molecule has 0 bridgehead atoms. The van der Waals surface area contributed by atoms with E-state index in [1.165, 1.54) is 0 Å². The van der Waals surface area contributed by atoms with E-state index in [1.54, 1.807) is 4.90 Å². The van der Waals surface area contributed by atoms with Crippen molar-refractivity contribution in [2.45, 2.75) is 51.3 Å². The summed E-state index contributed by atoms with van der Waals surface area (Å²) in [4.78, 5) is 26.2. The number of fused-ring (bicyclic) bond motifs is 1. The van der Waals surface area contributed by atoms with Gasteiger partial charge in [-0.25, -0.2) is 9.59 Å². The lowest BCUT2D eigenvalue weighted by atomic mass is 10.0. The number of benzene rings is 1. The second kappa shape index (κ2) is 7.64. The van der Waals surface area contributed by atoms with Crippen LogP contribution in [-0.2, 0) is 11.2 Å². The van der Waals surface area contributed by atoms with Gasteiger partial charge in [-0.15, -0.1) is 0 Å². The Morgan fingerprint density at radius 2 is 2.11 bits per heavy atom. The Morgan fingerprint density at radius 3 is 2.81 bits per heavy atom. The molecule has 1 aromatic carbocycles. The van der Waals surface area contributed by atoms with Crippen molar-refractivity contribution in [1.82, 2.24) is 10.2 Å². The van der Waals surface area contributed by atoms with Crippen LogP contribution in [0.5, 0.6) is 5.75 Å². The number of carbonyl (C=O) groups excluding carboxylic acids is 2. The first-order valence-electron chi connectivity index (χ1n) is 9.28. The van der Waals surface area contributed by atoms with Gasteiger partial charge in [0.2, 0.25) is 0 Å². The fourth-order valence-electron chi connectivity index (χ4n) is 3.32. The lowest BCUT2D eigenvalue weighted by Crippen LogP contribution is -2.59. The highest BCUT2D eigenvalue weighted by molar-refractivity contribution is 5.91. The van der Waals surface area contributed by atoms with Crippen LogP contribution in [0.4, 0.5) is 15.3 Å². The first kappa shape index (κ1) is 19.3. The molecule has 0 unspecified atom stereocenters. The van der Waals surface area contributed by atoms with Crippen LogP contribution in [-0.4, -0.2) is 54.4 Å². The van der Waals surface area contributed by atoms with Crippen LogP contribution in [0.3, 0.4) is 0 Å². The van der Waals surface area contributed by atoms with Crippen molar-refractivity contribution >= 4 is 17.8 Å². The Kier molecular flexibility index (Phi) is 5.46. The zero-order chi connectivity index (χ0) is 19.6. The highest BCUT2D eigenvalue weighted by Crippen LogP contribution is 2.31. The molecule has 3 rings (SSSR count). The quantitative estimate of drug-likeness (QED) is 0.733. The molecular weight excluding hydrogens is 348 g/mol. The third kappa shape index (κ3) is 4.82. The largest absolute Gasteiger partial charge is 0.493 e. The summed E-state index contributed by atoms with van der Waals surface area (Å²) in [5.41, 5.74) is 7.41. The third-order valence-electron chi connectivity index (χ3n) is 4.62. The number of anilines is 1. The van der Waals surface area contributed by atoms with E-state index >= 15 is 0 Å². The molecule has 1 fully saturated rings. The summed E-state index contributed by atoms with van der Waals surface area (Å²) < 4.78 is 10.9. The number of rotatable bonds is 2. The van der Waals surface area contributed by atoms with Gasteiger partial charge in [0.25, 0.3) is 0 Å². The fraction of sp³-hybridized carbons (Fsp3) is 0.579. The summed E-state index contributed by atoms with van der Waals surface area (Å²) in [6.45, 7) is 6.94. The van der Waals surface area contributed by atoms with Crippen molar-refractivity contribution in [3.8, 4) is 5.75 Å². The third-order valence-corrected chi connectivity index (χ3v) is 4.62. The zero-order valence-corrected chi connectivity index (χ0v) is 16.1. The molecule has 27 heavy (non-hydrogen) atoms. The van der Waals surface area contributed by atoms with Crippen LogP contribution in [0, 0.1) is 0 Å². The van der Waals surface area contributed by atoms with Crippen molar-refractivity contribution in [3.63, 3.8) is 0 Å². The Morgan fingerprint density at radius 1 is 1.33 bits per heavy atom. The van der Waals surface area contributed by atoms with Gasteiger partial charge >= 0.3 is 12.1 Å². The van der Waals surface area contributed by atoms with Gasteiger partial charge in [0.1, 0.15) is 11.4 Å². The Bertz CT molecular complexity index is 716. The van der Waals surface area contributed by atoms with E-state index in [0.717, 1.165) is 23.4 Å². The number of piperidine rings is 1. The summed E-state index contributed by atoms with van der Waals surface area (Å²) >= 11 is 0. The average molecular weight is 376 g/mol. The normalized spacial score (nSPS) is 21.9. The number of nitrogens with zero attached hydrogens (tertiary/aromatic N) is 1. The van der Waals surface area contributed by atoms with Crippen LogP contribution in [0.2, 0.25) is 0 Å². The molecule has 0 saturated carbocycles. The van der Waals surface area contributed by atoms with E-state index in [2.05, 4.69) is 10.6 Å².